The van der Waals surface area contributed by atoms with E-state index < -0.39 is 11.6 Å². The van der Waals surface area contributed by atoms with Crippen molar-refractivity contribution in [2.45, 2.75) is 25.3 Å². The van der Waals surface area contributed by atoms with Gasteiger partial charge >= 0.3 is 0 Å². The average Bonchev–Trinajstić information content (AvgIpc) is 2.94. The molecule has 0 unspecified atom stereocenters. The summed E-state index contributed by atoms with van der Waals surface area (Å²) in [7, 11) is 0. The monoisotopic (exact) mass is 327 g/mol. The fourth-order valence-electron chi connectivity index (χ4n) is 3.54. The lowest BCUT2D eigenvalue weighted by Crippen LogP contribution is -2.28. The lowest BCUT2D eigenvalue weighted by molar-refractivity contribution is 0.435. The number of hydrogen-bond donors (Lipinski definition) is 1. The molecular formula is C19H19F2N3. The predicted molar refractivity (Wildman–Crippen MR) is 90.0 cm³/mol. The molecule has 1 N–H and O–H groups in total. The van der Waals surface area contributed by atoms with E-state index in [0.717, 1.165) is 48.9 Å². The number of imidazole rings is 1. The van der Waals surface area contributed by atoms with Gasteiger partial charge in [0, 0.05) is 18.5 Å². The van der Waals surface area contributed by atoms with Crippen molar-refractivity contribution in [2.24, 2.45) is 0 Å². The molecule has 1 aromatic heterocycles. The van der Waals surface area contributed by atoms with Gasteiger partial charge < -0.3 is 9.88 Å². The number of benzene rings is 2. The Morgan fingerprint density at radius 1 is 1.04 bits per heavy atom. The summed E-state index contributed by atoms with van der Waals surface area (Å²) in [4.78, 5) is 4.83. The van der Waals surface area contributed by atoms with Crippen LogP contribution in [0.15, 0.2) is 42.5 Å². The van der Waals surface area contributed by atoms with Gasteiger partial charge in [-0.05, 0) is 55.8 Å². The van der Waals surface area contributed by atoms with Crippen LogP contribution in [0.25, 0.3) is 11.0 Å². The maximum Gasteiger partial charge on any atom is 0.126 e. The van der Waals surface area contributed by atoms with E-state index in [0.29, 0.717) is 18.0 Å². The molecule has 0 atom stereocenters. The molecule has 0 radical (unpaired) electrons. The van der Waals surface area contributed by atoms with Gasteiger partial charge in [-0.1, -0.05) is 12.1 Å². The summed E-state index contributed by atoms with van der Waals surface area (Å²) < 4.78 is 29.2. The van der Waals surface area contributed by atoms with E-state index >= 15 is 0 Å². The standard InChI is InChI=1S/C19H19F2N3/c20-15-9-13(10-16(21)11-15)12-24-18-4-2-1-3-17(18)23-19(24)14-5-7-22-8-6-14/h1-4,9-11,14,22H,5-8,12H2. The van der Waals surface area contributed by atoms with E-state index in [1.54, 1.807) is 0 Å². The van der Waals surface area contributed by atoms with Crippen molar-refractivity contribution in [2.75, 3.05) is 13.1 Å². The van der Waals surface area contributed by atoms with Crippen molar-refractivity contribution in [3.05, 3.63) is 65.5 Å². The van der Waals surface area contributed by atoms with Gasteiger partial charge in [0.25, 0.3) is 0 Å². The van der Waals surface area contributed by atoms with E-state index in [-0.39, 0.29) is 0 Å². The highest BCUT2D eigenvalue weighted by Crippen LogP contribution is 2.29. The zero-order chi connectivity index (χ0) is 16.5. The van der Waals surface area contributed by atoms with E-state index in [1.807, 2.05) is 24.3 Å². The third-order valence-corrected chi connectivity index (χ3v) is 4.65. The van der Waals surface area contributed by atoms with Crippen LogP contribution in [0.2, 0.25) is 0 Å². The second-order valence-corrected chi connectivity index (χ2v) is 6.35. The zero-order valence-corrected chi connectivity index (χ0v) is 13.3. The molecule has 0 saturated carbocycles. The molecule has 5 heteroatoms. The van der Waals surface area contributed by atoms with Crippen molar-refractivity contribution >= 4 is 11.0 Å². The molecule has 1 aliphatic heterocycles. The molecule has 3 nitrogen and oxygen atoms in total. The highest BCUT2D eigenvalue weighted by molar-refractivity contribution is 5.76. The molecule has 0 amide bonds. The number of fused-ring (bicyclic) bond motifs is 1. The normalized spacial score (nSPS) is 15.9. The summed E-state index contributed by atoms with van der Waals surface area (Å²) in [5, 5.41) is 3.37. The van der Waals surface area contributed by atoms with Crippen LogP contribution in [-0.4, -0.2) is 22.6 Å². The third-order valence-electron chi connectivity index (χ3n) is 4.65. The Labute approximate surface area is 139 Å². The Morgan fingerprint density at radius 3 is 2.50 bits per heavy atom. The first-order valence-corrected chi connectivity index (χ1v) is 8.31. The van der Waals surface area contributed by atoms with Crippen LogP contribution in [0.3, 0.4) is 0 Å². The number of rotatable bonds is 3. The van der Waals surface area contributed by atoms with Crippen LogP contribution in [0.4, 0.5) is 8.78 Å². The van der Waals surface area contributed by atoms with Crippen LogP contribution >= 0.6 is 0 Å². The topological polar surface area (TPSA) is 29.9 Å². The molecular weight excluding hydrogens is 308 g/mol. The molecule has 2 heterocycles. The summed E-state index contributed by atoms with van der Waals surface area (Å²) in [5.41, 5.74) is 2.56. The highest BCUT2D eigenvalue weighted by atomic mass is 19.1. The largest absolute Gasteiger partial charge is 0.323 e. The summed E-state index contributed by atoms with van der Waals surface area (Å²) in [6, 6.07) is 11.6. The second kappa shape index (κ2) is 6.32. The molecule has 2 aromatic carbocycles. The first kappa shape index (κ1) is 15.3. The summed E-state index contributed by atoms with van der Waals surface area (Å²) in [5.74, 6) is 0.301. The first-order valence-electron chi connectivity index (χ1n) is 8.31. The Bertz CT molecular complexity index is 846. The second-order valence-electron chi connectivity index (χ2n) is 6.35. The van der Waals surface area contributed by atoms with Crippen molar-refractivity contribution in [1.82, 2.24) is 14.9 Å². The molecule has 3 aromatic rings. The quantitative estimate of drug-likeness (QED) is 0.792. The number of halogens is 2. The Balaban J connectivity index is 1.79. The fourth-order valence-corrected chi connectivity index (χ4v) is 3.54. The summed E-state index contributed by atoms with van der Waals surface area (Å²) in [6.45, 7) is 2.37. The van der Waals surface area contributed by atoms with Crippen LogP contribution in [0.5, 0.6) is 0 Å². The van der Waals surface area contributed by atoms with E-state index in [4.69, 9.17) is 4.98 Å². The van der Waals surface area contributed by atoms with Gasteiger partial charge in [0.2, 0.25) is 0 Å². The summed E-state index contributed by atoms with van der Waals surface area (Å²) >= 11 is 0. The fraction of sp³-hybridized carbons (Fsp3) is 0.316. The van der Waals surface area contributed by atoms with Crippen molar-refractivity contribution in [3.63, 3.8) is 0 Å². The van der Waals surface area contributed by atoms with Crippen LogP contribution in [0, 0.1) is 11.6 Å². The average molecular weight is 327 g/mol. The molecule has 1 fully saturated rings. The number of para-hydroxylation sites is 2. The van der Waals surface area contributed by atoms with Crippen molar-refractivity contribution in [1.29, 1.82) is 0 Å². The molecule has 124 valence electrons. The van der Waals surface area contributed by atoms with Gasteiger partial charge in [0.1, 0.15) is 17.5 Å². The Hall–Kier alpha value is -2.27. The molecule has 1 aliphatic rings. The van der Waals surface area contributed by atoms with Gasteiger partial charge in [-0.15, -0.1) is 0 Å². The van der Waals surface area contributed by atoms with Crippen molar-refractivity contribution < 1.29 is 8.78 Å². The minimum atomic E-state index is -0.544. The lowest BCUT2D eigenvalue weighted by Gasteiger charge is -2.23. The number of aromatic nitrogens is 2. The number of hydrogen-bond acceptors (Lipinski definition) is 2. The SMILES string of the molecule is Fc1cc(F)cc(Cn2c(C3CCNCC3)nc3ccccc32)c1. The van der Waals surface area contributed by atoms with Gasteiger partial charge in [-0.2, -0.15) is 0 Å². The zero-order valence-electron chi connectivity index (χ0n) is 13.3. The molecule has 24 heavy (non-hydrogen) atoms. The highest BCUT2D eigenvalue weighted by Gasteiger charge is 2.22. The lowest BCUT2D eigenvalue weighted by atomic mass is 9.97. The molecule has 0 bridgehead atoms. The molecule has 0 aliphatic carbocycles. The summed E-state index contributed by atoms with van der Waals surface area (Å²) in [6.07, 6.45) is 2.06. The van der Waals surface area contributed by atoms with Gasteiger partial charge in [-0.3, -0.25) is 0 Å². The number of nitrogens with zero attached hydrogens (tertiary/aromatic N) is 2. The molecule has 0 spiro atoms. The molecule has 1 saturated heterocycles. The minimum absolute atomic E-state index is 0.372. The van der Waals surface area contributed by atoms with Gasteiger partial charge in [0.15, 0.2) is 0 Å². The van der Waals surface area contributed by atoms with E-state index in [2.05, 4.69) is 9.88 Å². The maximum atomic E-state index is 13.6. The predicted octanol–water partition coefficient (Wildman–Crippen LogP) is 3.83. The van der Waals surface area contributed by atoms with Crippen LogP contribution < -0.4 is 5.32 Å². The Kier molecular flexibility index (Phi) is 4.02. The first-order chi connectivity index (χ1) is 11.7. The van der Waals surface area contributed by atoms with Crippen molar-refractivity contribution in [3.8, 4) is 0 Å². The molecule has 4 rings (SSSR count). The number of piperidine rings is 1. The van der Waals surface area contributed by atoms with Gasteiger partial charge in [0.05, 0.1) is 11.0 Å². The smallest absolute Gasteiger partial charge is 0.126 e. The third kappa shape index (κ3) is 2.91. The van der Waals surface area contributed by atoms with Crippen LogP contribution in [0.1, 0.15) is 30.1 Å². The Morgan fingerprint density at radius 2 is 1.75 bits per heavy atom. The maximum absolute atomic E-state index is 13.6. The minimum Gasteiger partial charge on any atom is -0.323 e. The van der Waals surface area contributed by atoms with E-state index in [1.165, 1.54) is 12.1 Å². The van der Waals surface area contributed by atoms with Crippen LogP contribution in [-0.2, 0) is 6.54 Å². The van der Waals surface area contributed by atoms with Gasteiger partial charge in [-0.25, -0.2) is 13.8 Å². The number of nitrogens with one attached hydrogen (secondary N) is 1. The van der Waals surface area contributed by atoms with E-state index in [9.17, 15) is 8.78 Å².